The van der Waals surface area contributed by atoms with Crippen LogP contribution >= 0.6 is 0 Å². The number of aliphatic hydroxyl groups is 22. The molecule has 0 aromatic rings. The summed E-state index contributed by atoms with van der Waals surface area (Å²) in [6.45, 7) is -2.38. The topological polar surface area (TPSA) is 697 Å². The zero-order valence-electron chi connectivity index (χ0n) is 56.5. The van der Waals surface area contributed by atoms with Gasteiger partial charge in [0.05, 0.1) is 83.6 Å². The Kier molecular flexibility index (Phi) is 30.9. The van der Waals surface area contributed by atoms with E-state index in [2.05, 4.69) is 16.0 Å². The van der Waals surface area contributed by atoms with Gasteiger partial charge in [0.2, 0.25) is 17.7 Å². The van der Waals surface area contributed by atoms with Gasteiger partial charge in [0.1, 0.15) is 177 Å². The molecule has 8 fully saturated rings. The number of carbonyl (C=O) groups excluding carboxylic acids is 4. The average molecular weight is 1520 g/mol. The van der Waals surface area contributed by atoms with Gasteiger partial charge < -0.3 is 204 Å². The Morgan fingerprint density at radius 2 is 0.817 bits per heavy atom. The predicted molar refractivity (Wildman–Crippen MR) is 323 cm³/mol. The molecular formula is C59H99N3O42. The van der Waals surface area contributed by atoms with E-state index in [9.17, 15) is 132 Å². The molecule has 0 bridgehead atoms. The Balaban J connectivity index is 1.04. The summed E-state index contributed by atoms with van der Waals surface area (Å²) < 4.78 is 93.7. The van der Waals surface area contributed by atoms with Crippen LogP contribution in [-0.4, -0.2) is 434 Å². The molecular weight excluding hydrogens is 1420 g/mol. The summed E-state index contributed by atoms with van der Waals surface area (Å²) >= 11 is 0. The van der Waals surface area contributed by atoms with E-state index in [1.807, 2.05) is 0 Å². The van der Waals surface area contributed by atoms with Crippen LogP contribution in [-0.2, 0) is 95.0 Å². The van der Waals surface area contributed by atoms with Crippen molar-refractivity contribution in [1.29, 1.82) is 0 Å². The lowest BCUT2D eigenvalue weighted by Crippen LogP contribution is -2.70. The Morgan fingerprint density at radius 1 is 0.433 bits per heavy atom. The molecule has 8 aliphatic rings. The summed E-state index contributed by atoms with van der Waals surface area (Å²) in [6, 6.07) is -4.87. The molecule has 0 aliphatic carbocycles. The molecule has 0 saturated carbocycles. The van der Waals surface area contributed by atoms with E-state index in [4.69, 9.17) is 75.8 Å². The minimum absolute atomic E-state index is 0.171. The largest absolute Gasteiger partial charge is 0.410 e. The van der Waals surface area contributed by atoms with Crippen molar-refractivity contribution in [3.8, 4) is 0 Å². The van der Waals surface area contributed by atoms with Crippen LogP contribution < -0.4 is 16.0 Å². The number of aliphatic hydroxyl groups excluding tert-OH is 22. The highest BCUT2D eigenvalue weighted by Gasteiger charge is 2.60. The Morgan fingerprint density at radius 3 is 1.29 bits per heavy atom. The van der Waals surface area contributed by atoms with Crippen LogP contribution in [0.5, 0.6) is 0 Å². The highest BCUT2D eigenvalue weighted by atomic mass is 16.9. The van der Waals surface area contributed by atoms with Crippen molar-refractivity contribution in [3.63, 3.8) is 0 Å². The Bertz CT molecular complexity index is 2710. The summed E-state index contributed by atoms with van der Waals surface area (Å²) in [6.07, 6.45) is -71.2. The third kappa shape index (κ3) is 19.0. The van der Waals surface area contributed by atoms with Crippen LogP contribution in [0.2, 0.25) is 0 Å². The van der Waals surface area contributed by atoms with E-state index < -0.39 is 328 Å². The highest BCUT2D eigenvalue weighted by Crippen LogP contribution is 2.41. The Hall–Kier alpha value is -3.60. The molecule has 602 valence electrons. The number of nitrogens with one attached hydrogen (secondary N) is 3. The summed E-state index contributed by atoms with van der Waals surface area (Å²) in [4.78, 5) is 49.7. The van der Waals surface area contributed by atoms with E-state index >= 15 is 0 Å². The predicted octanol–water partition coefficient (Wildman–Crippen LogP) is -16.4. The van der Waals surface area contributed by atoms with Crippen molar-refractivity contribution in [3.05, 3.63) is 0 Å². The molecule has 3 amide bonds. The number of amides is 3. The molecule has 0 aromatic heterocycles. The quantitative estimate of drug-likeness (QED) is 0.0244. The second kappa shape index (κ2) is 37.4. The third-order valence-electron chi connectivity index (χ3n) is 19.3. The SMILES string of the molecule is CC(=O)NC1C(O)[C@H](O[C@@H]2OC(CO[C@]3(OC=O)C[C@@H](O)[C@@H](C)C([C@H](O)[C@H](O)CO)O3)[C@H](O)[C@H](O)C2O)[C@H](CO)O[C@H]1OC1[C@@H](OCC2O[C@@H](O[C@@H]3C(CO)O[C@@H](O[C@@H]4C(CO)O[C@@H](C)C(NC(C)=O)[C@H]4O)C(NC(C)=O)[C@H]3O)C(O)[C@@H](O[C@H]3O[C@H](CO)[C@@H](O)C(O)C3O)[C@@H]2O)OC(CO)[C@@H](O)[C@@H]1O. The molecule has 8 aliphatic heterocycles. The lowest BCUT2D eigenvalue weighted by Gasteiger charge is -2.50. The molecule has 8 rings (SSSR count). The first-order valence-electron chi connectivity index (χ1n) is 33.4. The van der Waals surface area contributed by atoms with Crippen LogP contribution in [0.15, 0.2) is 0 Å². The third-order valence-corrected chi connectivity index (χ3v) is 19.3. The van der Waals surface area contributed by atoms with Crippen LogP contribution in [0.1, 0.15) is 41.0 Å². The number of hydrogen-bond donors (Lipinski definition) is 25. The first kappa shape index (κ1) is 86.0. The number of ether oxygens (including phenoxy) is 16. The average Bonchev–Trinajstić information content (AvgIpc) is 0.774. The second-order valence-electron chi connectivity index (χ2n) is 26.6. The molecule has 15 unspecified atom stereocenters. The molecule has 8 heterocycles. The van der Waals surface area contributed by atoms with Gasteiger partial charge in [0.15, 0.2) is 37.7 Å². The molecule has 45 nitrogen and oxygen atoms in total. The van der Waals surface area contributed by atoms with Crippen molar-refractivity contribution in [2.45, 2.75) is 286 Å². The maximum Gasteiger partial charge on any atom is 0.332 e. The van der Waals surface area contributed by atoms with Gasteiger partial charge in [-0.1, -0.05) is 6.92 Å². The summed E-state index contributed by atoms with van der Waals surface area (Å²) in [5.41, 5.74) is 0. The lowest BCUT2D eigenvalue weighted by molar-refractivity contribution is -0.424. The number of carbonyl (C=O) groups is 4. The number of hydrogen-bond acceptors (Lipinski definition) is 42. The van der Waals surface area contributed by atoms with Crippen molar-refractivity contribution >= 4 is 24.2 Å². The highest BCUT2D eigenvalue weighted by molar-refractivity contribution is 5.74. The van der Waals surface area contributed by atoms with Crippen molar-refractivity contribution in [1.82, 2.24) is 16.0 Å². The number of rotatable bonds is 29. The molecule has 41 atom stereocenters. The fourth-order valence-corrected chi connectivity index (χ4v) is 13.5. The van der Waals surface area contributed by atoms with Crippen LogP contribution in [0.3, 0.4) is 0 Å². The molecule has 0 radical (unpaired) electrons. The van der Waals surface area contributed by atoms with E-state index in [1.165, 1.54) is 13.8 Å². The fraction of sp³-hybridized carbons (Fsp3) is 0.932. The smallest absolute Gasteiger partial charge is 0.332 e. The Labute approximate surface area is 590 Å². The van der Waals surface area contributed by atoms with Crippen LogP contribution in [0.25, 0.3) is 0 Å². The van der Waals surface area contributed by atoms with E-state index in [1.54, 1.807) is 0 Å². The maximum absolute atomic E-state index is 12.9. The summed E-state index contributed by atoms with van der Waals surface area (Å²) in [5.74, 6) is -6.01. The molecule has 45 heteroatoms. The van der Waals surface area contributed by atoms with Gasteiger partial charge in [-0.3, -0.25) is 19.2 Å². The summed E-state index contributed by atoms with van der Waals surface area (Å²) in [5, 5.41) is 250. The molecule has 25 N–H and O–H groups in total. The molecule has 8 saturated heterocycles. The summed E-state index contributed by atoms with van der Waals surface area (Å²) in [7, 11) is 0. The van der Waals surface area contributed by atoms with E-state index in [-0.39, 0.29) is 6.47 Å². The molecule has 0 aromatic carbocycles. The van der Waals surface area contributed by atoms with Gasteiger partial charge in [-0.05, 0) is 6.92 Å². The van der Waals surface area contributed by atoms with E-state index in [0.717, 1.165) is 20.8 Å². The van der Waals surface area contributed by atoms with Crippen LogP contribution in [0.4, 0.5) is 0 Å². The fourth-order valence-electron chi connectivity index (χ4n) is 13.5. The van der Waals surface area contributed by atoms with Gasteiger partial charge in [0, 0.05) is 26.7 Å². The van der Waals surface area contributed by atoms with Crippen molar-refractivity contribution < 1.29 is 207 Å². The van der Waals surface area contributed by atoms with Crippen molar-refractivity contribution in [2.24, 2.45) is 5.92 Å². The van der Waals surface area contributed by atoms with Gasteiger partial charge in [0.25, 0.3) is 6.47 Å². The lowest BCUT2D eigenvalue weighted by atomic mass is 9.87. The normalized spacial score (nSPS) is 47.9. The first-order chi connectivity index (χ1) is 49.1. The van der Waals surface area contributed by atoms with Gasteiger partial charge >= 0.3 is 5.97 Å². The van der Waals surface area contributed by atoms with Crippen molar-refractivity contribution in [2.75, 3.05) is 52.9 Å². The van der Waals surface area contributed by atoms with Gasteiger partial charge in [-0.15, -0.1) is 0 Å². The second-order valence-corrected chi connectivity index (χ2v) is 26.6. The minimum Gasteiger partial charge on any atom is -0.410 e. The van der Waals surface area contributed by atoms with Gasteiger partial charge in [-0.25, -0.2) is 0 Å². The zero-order valence-corrected chi connectivity index (χ0v) is 56.5. The zero-order chi connectivity index (χ0) is 76.8. The first-order valence-corrected chi connectivity index (χ1v) is 33.4. The minimum atomic E-state index is -2.62. The molecule has 104 heavy (non-hydrogen) atoms. The van der Waals surface area contributed by atoms with Crippen LogP contribution in [0, 0.1) is 5.92 Å². The standard InChI is InChI=1S/C59H99N3O42/c1-16-21(73)6-59(91-15-69,104-47(16)33(75)22(74)7-63)90-14-29-36(78)42(84)45(87)56(98-29)100-49-26(11-67)96-54(32(40(49)82)62-20(5)72)103-52-43(85)35(77)24(9-65)94-58(52)89-13-28-37(79)51(102-55-44(86)41(83)34(76)23(8-64)93-55)46(88)57(97-28)101-50-27(12-68)95-53(31(39(50)81)61-19(4)71)99-48-25(10-66)92-17(2)30(38(48)80)60-18(3)70/h15-17,21-58,63-68,73-88H,6-14H2,1-5H3,(H,60,70)(H,61,71)(H,62,72)/t16-,17+,21-,22-,23-,24?,25?,26+,27?,28?,29?,30?,31?,32?,33-,34-,35-,36+,37-,38-,39-,40?,41?,42+,43+,44?,45?,46?,47?,48-,49-,50-,51+,52?,53+,54+,55-,56+,57+,58+,59+/m1/s1. The maximum atomic E-state index is 12.9. The monoisotopic (exact) mass is 1520 g/mol. The van der Waals surface area contributed by atoms with E-state index in [0.29, 0.717) is 0 Å². The molecule has 0 spiro atoms. The van der Waals surface area contributed by atoms with Gasteiger partial charge in [-0.2, -0.15) is 0 Å².